The van der Waals surface area contributed by atoms with E-state index in [1.54, 1.807) is 0 Å². The smallest absolute Gasteiger partial charge is 0.0558 e. The lowest BCUT2D eigenvalue weighted by molar-refractivity contribution is 0.0792. The highest BCUT2D eigenvalue weighted by molar-refractivity contribution is 6.30. The lowest BCUT2D eigenvalue weighted by Gasteiger charge is -2.39. The number of halogens is 1. The van der Waals surface area contributed by atoms with Crippen LogP contribution in [0.1, 0.15) is 44.2 Å². The Labute approximate surface area is 174 Å². The zero-order chi connectivity index (χ0) is 19.8. The van der Waals surface area contributed by atoms with Gasteiger partial charge in [0.1, 0.15) is 0 Å². The standard InChI is InChI=1S/C24H33ClN2O/c1-2-3-4-5-24(27-16-14-26(15-17-27)18-19-28)22-8-6-20(7-9-22)21-10-12-23(25)13-11-21/h6-13,24,28H,2-5,14-19H2,1H3. The number of β-amino-alcohol motifs (C(OH)–C–C–N with tert-alkyl or cyclic N) is 1. The van der Waals surface area contributed by atoms with E-state index in [9.17, 15) is 5.11 Å². The molecule has 1 aliphatic rings. The van der Waals surface area contributed by atoms with E-state index in [4.69, 9.17) is 11.6 Å². The predicted molar refractivity (Wildman–Crippen MR) is 119 cm³/mol. The number of benzene rings is 2. The molecule has 28 heavy (non-hydrogen) atoms. The number of aliphatic hydroxyl groups excluding tert-OH is 1. The van der Waals surface area contributed by atoms with Gasteiger partial charge in [0.25, 0.3) is 0 Å². The predicted octanol–water partition coefficient (Wildman–Crippen LogP) is 5.24. The SMILES string of the molecule is CCCCCC(c1ccc(-c2ccc(Cl)cc2)cc1)N1CCN(CCO)CC1. The van der Waals surface area contributed by atoms with Crippen LogP contribution in [0.4, 0.5) is 0 Å². The molecule has 3 rings (SSSR count). The number of unbranched alkanes of at least 4 members (excludes halogenated alkanes) is 2. The third-order valence-corrected chi connectivity index (χ3v) is 6.07. The molecular weight excluding hydrogens is 368 g/mol. The van der Waals surface area contributed by atoms with Crippen molar-refractivity contribution in [1.29, 1.82) is 0 Å². The molecule has 0 bridgehead atoms. The van der Waals surface area contributed by atoms with Crippen molar-refractivity contribution in [2.75, 3.05) is 39.3 Å². The molecule has 0 aromatic heterocycles. The highest BCUT2D eigenvalue weighted by atomic mass is 35.5. The minimum absolute atomic E-state index is 0.256. The van der Waals surface area contributed by atoms with Gasteiger partial charge in [0, 0.05) is 43.8 Å². The van der Waals surface area contributed by atoms with Crippen molar-refractivity contribution in [3.8, 4) is 11.1 Å². The Balaban J connectivity index is 1.71. The van der Waals surface area contributed by atoms with Crippen molar-refractivity contribution in [2.45, 2.75) is 38.6 Å². The van der Waals surface area contributed by atoms with Crippen LogP contribution in [0.25, 0.3) is 11.1 Å². The van der Waals surface area contributed by atoms with E-state index in [0.717, 1.165) is 37.7 Å². The Morgan fingerprint density at radius 3 is 2.07 bits per heavy atom. The third kappa shape index (κ3) is 5.81. The summed E-state index contributed by atoms with van der Waals surface area (Å²) < 4.78 is 0. The second-order valence-corrected chi connectivity index (χ2v) is 8.18. The van der Waals surface area contributed by atoms with Crippen molar-refractivity contribution >= 4 is 11.6 Å². The molecule has 1 fully saturated rings. The third-order valence-electron chi connectivity index (χ3n) is 5.82. The fourth-order valence-electron chi connectivity index (χ4n) is 4.13. The molecule has 1 N–H and O–H groups in total. The molecule has 1 unspecified atom stereocenters. The van der Waals surface area contributed by atoms with Crippen molar-refractivity contribution in [2.24, 2.45) is 0 Å². The Morgan fingerprint density at radius 1 is 0.893 bits per heavy atom. The number of nitrogens with zero attached hydrogens (tertiary/aromatic N) is 2. The zero-order valence-corrected chi connectivity index (χ0v) is 17.7. The van der Waals surface area contributed by atoms with Crippen LogP contribution in [0, 0.1) is 0 Å². The minimum atomic E-state index is 0.256. The molecule has 1 aliphatic heterocycles. The van der Waals surface area contributed by atoms with Crippen LogP contribution in [-0.4, -0.2) is 54.2 Å². The van der Waals surface area contributed by atoms with E-state index < -0.39 is 0 Å². The van der Waals surface area contributed by atoms with Gasteiger partial charge in [0.2, 0.25) is 0 Å². The minimum Gasteiger partial charge on any atom is -0.395 e. The Hall–Kier alpha value is -1.39. The summed E-state index contributed by atoms with van der Waals surface area (Å²) in [4.78, 5) is 5.00. The molecule has 0 aliphatic carbocycles. The quantitative estimate of drug-likeness (QED) is 0.583. The van der Waals surface area contributed by atoms with Crippen LogP contribution in [-0.2, 0) is 0 Å². The summed E-state index contributed by atoms with van der Waals surface area (Å²) in [5.74, 6) is 0. The number of hydrogen-bond acceptors (Lipinski definition) is 3. The van der Waals surface area contributed by atoms with Gasteiger partial charge < -0.3 is 5.11 Å². The first-order valence-electron chi connectivity index (χ1n) is 10.6. The molecule has 2 aromatic carbocycles. The summed E-state index contributed by atoms with van der Waals surface area (Å²) in [6.45, 7) is 7.58. The van der Waals surface area contributed by atoms with Crippen molar-refractivity contribution in [3.05, 3.63) is 59.1 Å². The second-order valence-electron chi connectivity index (χ2n) is 7.74. The highest BCUT2D eigenvalue weighted by Gasteiger charge is 2.24. The molecule has 0 saturated carbocycles. The van der Waals surface area contributed by atoms with Crippen LogP contribution < -0.4 is 0 Å². The first kappa shape index (κ1) is 21.3. The number of piperazine rings is 1. The topological polar surface area (TPSA) is 26.7 Å². The zero-order valence-electron chi connectivity index (χ0n) is 17.0. The lowest BCUT2D eigenvalue weighted by atomic mass is 9.95. The van der Waals surface area contributed by atoms with Gasteiger partial charge in [0.15, 0.2) is 0 Å². The summed E-state index contributed by atoms with van der Waals surface area (Å²) in [7, 11) is 0. The van der Waals surface area contributed by atoms with E-state index >= 15 is 0 Å². The van der Waals surface area contributed by atoms with Gasteiger partial charge in [-0.05, 0) is 35.2 Å². The largest absolute Gasteiger partial charge is 0.395 e. The van der Waals surface area contributed by atoms with Crippen LogP contribution in [0.15, 0.2) is 48.5 Å². The summed E-state index contributed by atoms with van der Waals surface area (Å²) in [5.41, 5.74) is 3.86. The summed E-state index contributed by atoms with van der Waals surface area (Å²) in [6.07, 6.45) is 5.04. The second kappa shape index (κ2) is 11.0. The van der Waals surface area contributed by atoms with Gasteiger partial charge in [0.05, 0.1) is 6.61 Å². The van der Waals surface area contributed by atoms with Gasteiger partial charge in [-0.25, -0.2) is 0 Å². The monoisotopic (exact) mass is 400 g/mol. The van der Waals surface area contributed by atoms with E-state index in [2.05, 4.69) is 53.1 Å². The molecule has 4 heteroatoms. The van der Waals surface area contributed by atoms with Gasteiger partial charge in [-0.2, -0.15) is 0 Å². The summed E-state index contributed by atoms with van der Waals surface area (Å²) in [6, 6.07) is 17.6. The van der Waals surface area contributed by atoms with Gasteiger partial charge in [-0.1, -0.05) is 74.2 Å². The Bertz CT molecular complexity index is 694. The molecule has 2 aromatic rings. The van der Waals surface area contributed by atoms with E-state index in [0.29, 0.717) is 6.04 Å². The van der Waals surface area contributed by atoms with Crippen molar-refractivity contribution in [3.63, 3.8) is 0 Å². The van der Waals surface area contributed by atoms with E-state index in [-0.39, 0.29) is 6.61 Å². The molecule has 152 valence electrons. The highest BCUT2D eigenvalue weighted by Crippen LogP contribution is 2.30. The maximum Gasteiger partial charge on any atom is 0.0558 e. The van der Waals surface area contributed by atoms with E-state index in [1.807, 2.05) is 12.1 Å². The van der Waals surface area contributed by atoms with Gasteiger partial charge >= 0.3 is 0 Å². The van der Waals surface area contributed by atoms with E-state index in [1.165, 1.54) is 42.4 Å². The van der Waals surface area contributed by atoms with Crippen LogP contribution in [0.5, 0.6) is 0 Å². The fourth-order valence-corrected chi connectivity index (χ4v) is 4.25. The molecule has 0 amide bonds. The molecule has 1 saturated heterocycles. The average Bonchev–Trinajstić information content (AvgIpc) is 2.73. The lowest BCUT2D eigenvalue weighted by Crippen LogP contribution is -2.48. The normalized spacial score (nSPS) is 17.0. The van der Waals surface area contributed by atoms with Gasteiger partial charge in [-0.15, -0.1) is 0 Å². The van der Waals surface area contributed by atoms with Gasteiger partial charge in [-0.3, -0.25) is 9.80 Å². The summed E-state index contributed by atoms with van der Waals surface area (Å²) in [5, 5.41) is 9.96. The summed E-state index contributed by atoms with van der Waals surface area (Å²) >= 11 is 6.02. The van der Waals surface area contributed by atoms with Crippen molar-refractivity contribution in [1.82, 2.24) is 9.80 Å². The van der Waals surface area contributed by atoms with Crippen LogP contribution >= 0.6 is 11.6 Å². The number of aliphatic hydroxyl groups is 1. The molecule has 3 nitrogen and oxygen atoms in total. The maximum absolute atomic E-state index is 9.19. The first-order chi connectivity index (χ1) is 13.7. The van der Waals surface area contributed by atoms with Crippen LogP contribution in [0.2, 0.25) is 5.02 Å². The molecule has 0 radical (unpaired) electrons. The maximum atomic E-state index is 9.19. The fraction of sp³-hybridized carbons (Fsp3) is 0.500. The average molecular weight is 401 g/mol. The molecule has 1 heterocycles. The number of rotatable bonds is 9. The first-order valence-corrected chi connectivity index (χ1v) is 11.0. The van der Waals surface area contributed by atoms with Crippen LogP contribution in [0.3, 0.4) is 0 Å². The molecular formula is C24H33ClN2O. The Morgan fingerprint density at radius 2 is 1.50 bits per heavy atom. The molecule has 1 atom stereocenters. The number of hydrogen-bond donors (Lipinski definition) is 1. The Kier molecular flexibility index (Phi) is 8.35. The molecule has 0 spiro atoms. The van der Waals surface area contributed by atoms with Crippen molar-refractivity contribution < 1.29 is 5.11 Å².